The van der Waals surface area contributed by atoms with Crippen molar-refractivity contribution in [1.82, 2.24) is 4.90 Å². The normalized spacial score (nSPS) is 23.5. The number of hydrogen-bond donors (Lipinski definition) is 2. The first kappa shape index (κ1) is 14.7. The van der Waals surface area contributed by atoms with Crippen molar-refractivity contribution in [2.24, 2.45) is 5.41 Å². The first-order valence-electron chi connectivity index (χ1n) is 6.77. The van der Waals surface area contributed by atoms with Gasteiger partial charge in [0.25, 0.3) is 0 Å². The molecule has 0 saturated carbocycles. The zero-order valence-electron chi connectivity index (χ0n) is 11.9. The van der Waals surface area contributed by atoms with E-state index in [1.54, 1.807) is 13.0 Å². The molecule has 1 fully saturated rings. The molecule has 0 amide bonds. The molecule has 1 aliphatic rings. The van der Waals surface area contributed by atoms with Crippen LogP contribution in [0.1, 0.15) is 25.3 Å². The molecule has 1 heterocycles. The van der Waals surface area contributed by atoms with E-state index in [0.717, 1.165) is 18.5 Å². The van der Waals surface area contributed by atoms with E-state index in [0.29, 0.717) is 25.3 Å². The molecule has 20 heavy (non-hydrogen) atoms. The lowest BCUT2D eigenvalue weighted by molar-refractivity contribution is -0.151. The predicted molar refractivity (Wildman–Crippen MR) is 74.9 cm³/mol. The van der Waals surface area contributed by atoms with Gasteiger partial charge in [-0.1, -0.05) is 12.1 Å². The fourth-order valence-corrected chi connectivity index (χ4v) is 2.75. The minimum atomic E-state index is -0.753. The number of phenols is 1. The van der Waals surface area contributed by atoms with Gasteiger partial charge in [-0.15, -0.1) is 0 Å². The standard InChI is InChI=1S/C15H21NO4/c1-15(14(18)19)7-4-8-16(10-15)9-11-5-3-6-12(20-2)13(11)17/h3,5-6,17H,4,7-10H2,1-2H3,(H,18,19). The van der Waals surface area contributed by atoms with Gasteiger partial charge in [-0.25, -0.2) is 0 Å². The number of ether oxygens (including phenoxy) is 1. The molecule has 0 aromatic heterocycles. The number of likely N-dealkylation sites (tertiary alicyclic amines) is 1. The molecule has 0 aliphatic carbocycles. The minimum absolute atomic E-state index is 0.137. The molecule has 0 bridgehead atoms. The summed E-state index contributed by atoms with van der Waals surface area (Å²) in [4.78, 5) is 13.4. The number of phenolic OH excluding ortho intramolecular Hbond substituents is 1. The van der Waals surface area contributed by atoms with Crippen LogP contribution in [0.3, 0.4) is 0 Å². The van der Waals surface area contributed by atoms with E-state index in [9.17, 15) is 15.0 Å². The number of rotatable bonds is 4. The molecule has 0 radical (unpaired) electrons. The number of piperidine rings is 1. The molecule has 2 rings (SSSR count). The highest BCUT2D eigenvalue weighted by Crippen LogP contribution is 2.34. The molecule has 1 atom stereocenters. The lowest BCUT2D eigenvalue weighted by atomic mass is 9.82. The van der Waals surface area contributed by atoms with Crippen molar-refractivity contribution in [3.63, 3.8) is 0 Å². The second-order valence-corrected chi connectivity index (χ2v) is 5.65. The number of methoxy groups -OCH3 is 1. The number of aromatic hydroxyl groups is 1. The average Bonchev–Trinajstić information content (AvgIpc) is 2.41. The van der Waals surface area contributed by atoms with E-state index in [1.807, 2.05) is 12.1 Å². The smallest absolute Gasteiger partial charge is 0.310 e. The fourth-order valence-electron chi connectivity index (χ4n) is 2.75. The summed E-state index contributed by atoms with van der Waals surface area (Å²) in [6.07, 6.45) is 1.55. The molecule has 1 saturated heterocycles. The number of para-hydroxylation sites is 1. The first-order chi connectivity index (χ1) is 9.46. The summed E-state index contributed by atoms with van der Waals surface area (Å²) in [5.74, 6) is -0.171. The summed E-state index contributed by atoms with van der Waals surface area (Å²) in [5.41, 5.74) is 0.0613. The number of carbonyl (C=O) groups is 1. The summed E-state index contributed by atoms with van der Waals surface area (Å²) in [6.45, 7) is 3.66. The lowest BCUT2D eigenvalue weighted by Gasteiger charge is -2.37. The van der Waals surface area contributed by atoms with Crippen molar-refractivity contribution in [3.8, 4) is 11.5 Å². The Morgan fingerprint density at radius 3 is 2.90 bits per heavy atom. The molecule has 1 aromatic rings. The number of benzene rings is 1. The van der Waals surface area contributed by atoms with Crippen LogP contribution in [0.15, 0.2) is 18.2 Å². The monoisotopic (exact) mass is 279 g/mol. The lowest BCUT2D eigenvalue weighted by Crippen LogP contribution is -2.45. The maximum Gasteiger partial charge on any atom is 0.310 e. The zero-order valence-corrected chi connectivity index (χ0v) is 11.9. The molecule has 5 heteroatoms. The predicted octanol–water partition coefficient (Wildman–Crippen LogP) is 2.09. The van der Waals surface area contributed by atoms with Gasteiger partial charge < -0.3 is 14.9 Å². The van der Waals surface area contributed by atoms with E-state index in [4.69, 9.17) is 4.74 Å². The molecule has 1 aliphatic heterocycles. The summed E-state index contributed by atoms with van der Waals surface area (Å²) < 4.78 is 5.09. The number of carboxylic acid groups (broad SMARTS) is 1. The van der Waals surface area contributed by atoms with E-state index < -0.39 is 11.4 Å². The van der Waals surface area contributed by atoms with Crippen LogP contribution in [0.2, 0.25) is 0 Å². The highest BCUT2D eigenvalue weighted by Gasteiger charge is 2.37. The fraction of sp³-hybridized carbons (Fsp3) is 0.533. The van der Waals surface area contributed by atoms with Crippen LogP contribution in [0.25, 0.3) is 0 Å². The van der Waals surface area contributed by atoms with Crippen LogP contribution in [0.4, 0.5) is 0 Å². The average molecular weight is 279 g/mol. The second-order valence-electron chi connectivity index (χ2n) is 5.65. The molecule has 110 valence electrons. The van der Waals surface area contributed by atoms with Crippen LogP contribution in [0, 0.1) is 5.41 Å². The van der Waals surface area contributed by atoms with E-state index >= 15 is 0 Å². The largest absolute Gasteiger partial charge is 0.504 e. The van der Waals surface area contributed by atoms with Gasteiger partial charge in [0.15, 0.2) is 11.5 Å². The van der Waals surface area contributed by atoms with E-state index in [-0.39, 0.29) is 5.75 Å². The number of nitrogens with zero attached hydrogens (tertiary/aromatic N) is 1. The van der Waals surface area contributed by atoms with Crippen LogP contribution in [-0.2, 0) is 11.3 Å². The Kier molecular flexibility index (Phi) is 4.18. The van der Waals surface area contributed by atoms with Crippen LogP contribution in [-0.4, -0.2) is 41.3 Å². The Balaban J connectivity index is 2.12. The Morgan fingerprint density at radius 1 is 1.50 bits per heavy atom. The molecule has 1 aromatic carbocycles. The van der Waals surface area contributed by atoms with Crippen LogP contribution < -0.4 is 4.74 Å². The third-order valence-electron chi connectivity index (χ3n) is 3.99. The molecule has 2 N–H and O–H groups in total. The molecular formula is C15H21NO4. The van der Waals surface area contributed by atoms with Crippen molar-refractivity contribution in [2.75, 3.05) is 20.2 Å². The van der Waals surface area contributed by atoms with Crippen molar-refractivity contribution < 1.29 is 19.7 Å². The van der Waals surface area contributed by atoms with Gasteiger partial charge in [0.05, 0.1) is 12.5 Å². The van der Waals surface area contributed by atoms with Gasteiger partial charge >= 0.3 is 5.97 Å². The highest BCUT2D eigenvalue weighted by molar-refractivity contribution is 5.74. The zero-order chi connectivity index (χ0) is 14.8. The number of carboxylic acids is 1. The quantitative estimate of drug-likeness (QED) is 0.883. The van der Waals surface area contributed by atoms with Crippen molar-refractivity contribution in [3.05, 3.63) is 23.8 Å². The SMILES string of the molecule is COc1cccc(CN2CCCC(C)(C(=O)O)C2)c1O. The second kappa shape index (κ2) is 5.71. The third kappa shape index (κ3) is 2.88. The van der Waals surface area contributed by atoms with E-state index in [1.165, 1.54) is 7.11 Å². The van der Waals surface area contributed by atoms with Gasteiger partial charge in [-0.05, 0) is 32.4 Å². The Morgan fingerprint density at radius 2 is 2.25 bits per heavy atom. The number of aliphatic carboxylic acids is 1. The topological polar surface area (TPSA) is 70.0 Å². The maximum absolute atomic E-state index is 11.3. The van der Waals surface area contributed by atoms with Gasteiger partial charge in [0.1, 0.15) is 0 Å². The minimum Gasteiger partial charge on any atom is -0.504 e. The summed E-state index contributed by atoms with van der Waals surface area (Å²) >= 11 is 0. The summed E-state index contributed by atoms with van der Waals surface area (Å²) in [7, 11) is 1.52. The van der Waals surface area contributed by atoms with Crippen LogP contribution >= 0.6 is 0 Å². The summed E-state index contributed by atoms with van der Waals surface area (Å²) in [6, 6.07) is 5.37. The summed E-state index contributed by atoms with van der Waals surface area (Å²) in [5, 5.41) is 19.4. The van der Waals surface area contributed by atoms with Crippen molar-refractivity contribution >= 4 is 5.97 Å². The Labute approximate surface area is 118 Å². The third-order valence-corrected chi connectivity index (χ3v) is 3.99. The first-order valence-corrected chi connectivity index (χ1v) is 6.77. The van der Waals surface area contributed by atoms with Gasteiger partial charge in [-0.3, -0.25) is 9.69 Å². The van der Waals surface area contributed by atoms with E-state index in [2.05, 4.69) is 4.90 Å². The van der Waals surface area contributed by atoms with Crippen molar-refractivity contribution in [2.45, 2.75) is 26.3 Å². The van der Waals surface area contributed by atoms with Crippen LogP contribution in [0.5, 0.6) is 11.5 Å². The molecular weight excluding hydrogens is 258 g/mol. The maximum atomic E-state index is 11.3. The van der Waals surface area contributed by atoms with Gasteiger partial charge in [0.2, 0.25) is 0 Å². The molecule has 5 nitrogen and oxygen atoms in total. The molecule has 1 unspecified atom stereocenters. The number of hydrogen-bond acceptors (Lipinski definition) is 4. The highest BCUT2D eigenvalue weighted by atomic mass is 16.5. The van der Waals surface area contributed by atoms with Gasteiger partial charge in [-0.2, -0.15) is 0 Å². The van der Waals surface area contributed by atoms with Gasteiger partial charge in [0, 0.05) is 18.7 Å². The Hall–Kier alpha value is -1.75. The van der Waals surface area contributed by atoms with Crippen molar-refractivity contribution in [1.29, 1.82) is 0 Å². The molecule has 0 spiro atoms. The Bertz CT molecular complexity index is 503.